The van der Waals surface area contributed by atoms with Crippen molar-refractivity contribution >= 4 is 5.91 Å². The first-order chi connectivity index (χ1) is 8.75. The van der Waals surface area contributed by atoms with Gasteiger partial charge in [0, 0.05) is 13.1 Å². The molecule has 104 valence electrons. The number of carbonyl (C=O) groups is 1. The van der Waals surface area contributed by atoms with Gasteiger partial charge in [0.2, 0.25) is 5.91 Å². The highest BCUT2D eigenvalue weighted by atomic mass is 16.3. The first kappa shape index (κ1) is 13.8. The average Bonchev–Trinajstić information content (AvgIpc) is 2.61. The molecule has 0 aromatic rings. The zero-order valence-electron chi connectivity index (χ0n) is 11.0. The first-order valence-electron chi connectivity index (χ1n) is 7.16. The highest BCUT2D eigenvalue weighted by Gasteiger charge is 2.25. The second-order valence-corrected chi connectivity index (χ2v) is 5.41. The highest BCUT2D eigenvalue weighted by Crippen LogP contribution is 2.18. The first-order valence-corrected chi connectivity index (χ1v) is 7.16. The third-order valence-electron chi connectivity index (χ3n) is 3.88. The molecule has 18 heavy (non-hydrogen) atoms. The van der Waals surface area contributed by atoms with Gasteiger partial charge in [0.25, 0.3) is 0 Å². The molecule has 0 radical (unpaired) electrons. The smallest absolute Gasteiger partial charge is 0.234 e. The lowest BCUT2D eigenvalue weighted by molar-refractivity contribution is -0.124. The quantitative estimate of drug-likeness (QED) is 0.648. The molecule has 2 rings (SSSR count). The Balaban J connectivity index is 1.73. The summed E-state index contributed by atoms with van der Waals surface area (Å²) in [5, 5.41) is 16.1. The fourth-order valence-corrected chi connectivity index (χ4v) is 2.79. The van der Waals surface area contributed by atoms with Crippen LogP contribution in [0.25, 0.3) is 0 Å². The molecular weight excluding hydrogens is 230 g/mol. The van der Waals surface area contributed by atoms with Gasteiger partial charge in [0.1, 0.15) is 0 Å². The van der Waals surface area contributed by atoms with E-state index in [0.717, 1.165) is 58.3 Å². The van der Waals surface area contributed by atoms with Gasteiger partial charge in [0.05, 0.1) is 18.7 Å². The molecule has 2 aliphatic rings. The summed E-state index contributed by atoms with van der Waals surface area (Å²) in [6, 6.07) is -0.0312. The Labute approximate surface area is 109 Å². The molecule has 1 heterocycles. The van der Waals surface area contributed by atoms with Gasteiger partial charge in [-0.25, -0.2) is 0 Å². The Morgan fingerprint density at radius 2 is 2.06 bits per heavy atom. The number of hydrogen-bond donors (Lipinski definition) is 3. The molecule has 2 fully saturated rings. The van der Waals surface area contributed by atoms with Crippen molar-refractivity contribution in [1.82, 2.24) is 15.5 Å². The van der Waals surface area contributed by atoms with Gasteiger partial charge < -0.3 is 15.7 Å². The van der Waals surface area contributed by atoms with Gasteiger partial charge in [-0.2, -0.15) is 0 Å². The van der Waals surface area contributed by atoms with E-state index in [1.165, 1.54) is 0 Å². The van der Waals surface area contributed by atoms with E-state index in [4.69, 9.17) is 0 Å². The van der Waals surface area contributed by atoms with Crippen molar-refractivity contribution in [3.63, 3.8) is 0 Å². The van der Waals surface area contributed by atoms with Crippen LogP contribution in [0, 0.1) is 0 Å². The Kier molecular flexibility index (Phi) is 5.41. The molecule has 3 N–H and O–H groups in total. The van der Waals surface area contributed by atoms with E-state index in [0.29, 0.717) is 6.54 Å². The minimum absolute atomic E-state index is 0.0312. The van der Waals surface area contributed by atoms with Crippen molar-refractivity contribution in [1.29, 1.82) is 0 Å². The summed E-state index contributed by atoms with van der Waals surface area (Å²) < 4.78 is 0. The standard InChI is InChI=1S/C13H25N3O2/c17-12-5-2-1-4-11(12)15-13(18)10-16-8-3-6-14-7-9-16/h11-12,14,17H,1-10H2,(H,15,18)/t11-,12-/m0/s1. The Bertz CT molecular complexity index is 265. The van der Waals surface area contributed by atoms with Gasteiger partial charge in [0.15, 0.2) is 0 Å². The van der Waals surface area contributed by atoms with E-state index >= 15 is 0 Å². The fourth-order valence-electron chi connectivity index (χ4n) is 2.79. The number of carbonyl (C=O) groups excluding carboxylic acids is 1. The van der Waals surface area contributed by atoms with Crippen molar-refractivity contribution in [3.8, 4) is 0 Å². The zero-order chi connectivity index (χ0) is 12.8. The van der Waals surface area contributed by atoms with Crippen LogP contribution in [0.15, 0.2) is 0 Å². The summed E-state index contributed by atoms with van der Waals surface area (Å²) in [4.78, 5) is 14.1. The topological polar surface area (TPSA) is 64.6 Å². The maximum atomic E-state index is 12.0. The van der Waals surface area contributed by atoms with E-state index in [9.17, 15) is 9.90 Å². The molecule has 0 aromatic heterocycles. The van der Waals surface area contributed by atoms with Gasteiger partial charge in [-0.15, -0.1) is 0 Å². The summed E-state index contributed by atoms with van der Waals surface area (Å²) >= 11 is 0. The number of nitrogens with zero attached hydrogens (tertiary/aromatic N) is 1. The number of aliphatic hydroxyl groups is 1. The van der Waals surface area contributed by atoms with Crippen LogP contribution < -0.4 is 10.6 Å². The Hall–Kier alpha value is -0.650. The molecule has 0 spiro atoms. The van der Waals surface area contributed by atoms with Gasteiger partial charge in [-0.05, 0) is 32.4 Å². The van der Waals surface area contributed by atoms with Crippen molar-refractivity contribution < 1.29 is 9.90 Å². The second-order valence-electron chi connectivity index (χ2n) is 5.41. The number of rotatable bonds is 3. The molecule has 1 saturated heterocycles. The monoisotopic (exact) mass is 255 g/mol. The second kappa shape index (κ2) is 7.07. The largest absolute Gasteiger partial charge is 0.391 e. The number of hydrogen-bond acceptors (Lipinski definition) is 4. The SMILES string of the molecule is O=C(CN1CCCNCC1)N[C@H]1CCCC[C@@H]1O. The number of nitrogens with one attached hydrogen (secondary N) is 2. The minimum Gasteiger partial charge on any atom is -0.391 e. The molecule has 1 amide bonds. The predicted octanol–water partition coefficient (Wildman–Crippen LogP) is -0.299. The van der Waals surface area contributed by atoms with Crippen LogP contribution in [-0.2, 0) is 4.79 Å². The van der Waals surface area contributed by atoms with Crippen molar-refractivity contribution in [2.45, 2.75) is 44.2 Å². The third-order valence-corrected chi connectivity index (χ3v) is 3.88. The Morgan fingerprint density at radius 1 is 1.22 bits per heavy atom. The molecule has 5 nitrogen and oxygen atoms in total. The van der Waals surface area contributed by atoms with Crippen LogP contribution in [-0.4, -0.2) is 60.8 Å². The van der Waals surface area contributed by atoms with Crippen molar-refractivity contribution in [2.24, 2.45) is 0 Å². The summed E-state index contributed by atoms with van der Waals surface area (Å²) in [6.45, 7) is 4.37. The van der Waals surface area contributed by atoms with Crippen molar-refractivity contribution in [2.75, 3.05) is 32.7 Å². The number of amides is 1. The lowest BCUT2D eigenvalue weighted by atomic mass is 9.92. The van der Waals surface area contributed by atoms with Crippen LogP contribution >= 0.6 is 0 Å². The van der Waals surface area contributed by atoms with E-state index in [2.05, 4.69) is 15.5 Å². The van der Waals surface area contributed by atoms with E-state index < -0.39 is 0 Å². The fraction of sp³-hybridized carbons (Fsp3) is 0.923. The van der Waals surface area contributed by atoms with Gasteiger partial charge >= 0.3 is 0 Å². The highest BCUT2D eigenvalue weighted by molar-refractivity contribution is 5.78. The molecule has 0 aromatic carbocycles. The predicted molar refractivity (Wildman–Crippen MR) is 70.3 cm³/mol. The van der Waals surface area contributed by atoms with Crippen LogP contribution in [0.4, 0.5) is 0 Å². The summed E-state index contributed by atoms with van der Waals surface area (Å²) in [6.07, 6.45) is 4.65. The van der Waals surface area contributed by atoms with E-state index in [-0.39, 0.29) is 18.1 Å². The molecule has 0 bridgehead atoms. The molecule has 1 aliphatic heterocycles. The van der Waals surface area contributed by atoms with Crippen LogP contribution in [0.2, 0.25) is 0 Å². The third kappa shape index (κ3) is 4.23. The lowest BCUT2D eigenvalue weighted by Gasteiger charge is -2.29. The maximum absolute atomic E-state index is 12.0. The average molecular weight is 255 g/mol. The Morgan fingerprint density at radius 3 is 2.89 bits per heavy atom. The molecule has 0 unspecified atom stereocenters. The molecule has 2 atom stereocenters. The van der Waals surface area contributed by atoms with Crippen LogP contribution in [0.1, 0.15) is 32.1 Å². The number of aliphatic hydroxyl groups excluding tert-OH is 1. The van der Waals surface area contributed by atoms with Crippen molar-refractivity contribution in [3.05, 3.63) is 0 Å². The molecule has 5 heteroatoms. The molecule has 1 aliphatic carbocycles. The van der Waals surface area contributed by atoms with Gasteiger partial charge in [-0.1, -0.05) is 12.8 Å². The summed E-state index contributed by atoms with van der Waals surface area (Å²) in [5.74, 6) is 0.0582. The van der Waals surface area contributed by atoms with Gasteiger partial charge in [-0.3, -0.25) is 9.69 Å². The van der Waals surface area contributed by atoms with E-state index in [1.807, 2.05) is 0 Å². The minimum atomic E-state index is -0.353. The molecule has 1 saturated carbocycles. The maximum Gasteiger partial charge on any atom is 0.234 e. The zero-order valence-corrected chi connectivity index (χ0v) is 11.0. The summed E-state index contributed by atoms with van der Waals surface area (Å²) in [5.41, 5.74) is 0. The van der Waals surface area contributed by atoms with Crippen LogP contribution in [0.5, 0.6) is 0 Å². The van der Waals surface area contributed by atoms with Crippen LogP contribution in [0.3, 0.4) is 0 Å². The molecular formula is C13H25N3O2. The normalized spacial score (nSPS) is 30.7. The van der Waals surface area contributed by atoms with E-state index in [1.54, 1.807) is 0 Å². The summed E-state index contributed by atoms with van der Waals surface area (Å²) in [7, 11) is 0. The lowest BCUT2D eigenvalue weighted by Crippen LogP contribution is -2.48.